The van der Waals surface area contributed by atoms with Gasteiger partial charge in [-0.1, -0.05) is 42.0 Å². The third kappa shape index (κ3) is 6.81. The molecule has 0 heterocycles. The summed E-state index contributed by atoms with van der Waals surface area (Å²) in [7, 11) is 5.74. The first-order chi connectivity index (χ1) is 13.4. The molecule has 152 valence electrons. The van der Waals surface area contributed by atoms with Crippen molar-refractivity contribution in [3.63, 3.8) is 0 Å². The number of halogens is 2. The Bertz CT molecular complexity index is 794. The van der Waals surface area contributed by atoms with Crippen molar-refractivity contribution in [1.29, 1.82) is 0 Å². The van der Waals surface area contributed by atoms with Crippen LogP contribution in [-0.2, 0) is 19.6 Å². The van der Waals surface area contributed by atoms with Gasteiger partial charge in [-0.25, -0.2) is 0 Å². The first kappa shape index (κ1) is 21.6. The summed E-state index contributed by atoms with van der Waals surface area (Å²) in [5.41, 5.74) is 4.04. The molecule has 2 aromatic carbocycles. The maximum atomic E-state index is 12.6. The first-order valence-corrected chi connectivity index (χ1v) is 9.09. The number of nitrogens with one attached hydrogen (secondary N) is 2. The van der Waals surface area contributed by atoms with Gasteiger partial charge in [-0.3, -0.25) is 4.99 Å². The normalized spacial score (nSPS) is 11.8. The van der Waals surface area contributed by atoms with Crippen molar-refractivity contribution in [3.05, 3.63) is 64.7 Å². The number of alkyl halides is 2. The van der Waals surface area contributed by atoms with Gasteiger partial charge in [-0.05, 0) is 38.2 Å². The SMILES string of the molecule is CN=C(NCc1ccccc1CN(C)C)NCc1cc(C)ccc1OC(F)F. The lowest BCUT2D eigenvalue weighted by molar-refractivity contribution is -0.0504. The molecule has 2 aromatic rings. The summed E-state index contributed by atoms with van der Waals surface area (Å²) in [4.78, 5) is 6.34. The summed E-state index contributed by atoms with van der Waals surface area (Å²) in [6, 6.07) is 13.3. The second kappa shape index (κ2) is 10.6. The quantitative estimate of drug-likeness (QED) is 0.535. The third-order valence-corrected chi connectivity index (χ3v) is 4.15. The lowest BCUT2D eigenvalue weighted by atomic mass is 10.1. The number of nitrogens with zero attached hydrogens (tertiary/aromatic N) is 2. The third-order valence-electron chi connectivity index (χ3n) is 4.15. The highest BCUT2D eigenvalue weighted by Crippen LogP contribution is 2.22. The molecule has 0 spiro atoms. The molecule has 0 radical (unpaired) electrons. The smallest absolute Gasteiger partial charge is 0.387 e. The predicted octanol–water partition coefficient (Wildman–Crippen LogP) is 3.52. The van der Waals surface area contributed by atoms with Crippen molar-refractivity contribution in [2.45, 2.75) is 33.2 Å². The molecule has 0 saturated heterocycles. The Kier molecular flexibility index (Phi) is 8.19. The van der Waals surface area contributed by atoms with Crippen LogP contribution in [0.2, 0.25) is 0 Å². The van der Waals surface area contributed by atoms with Crippen LogP contribution in [0.25, 0.3) is 0 Å². The van der Waals surface area contributed by atoms with Gasteiger partial charge in [0.2, 0.25) is 0 Å². The molecule has 0 atom stereocenters. The molecule has 0 saturated carbocycles. The largest absolute Gasteiger partial charge is 0.434 e. The van der Waals surface area contributed by atoms with Crippen LogP contribution in [-0.4, -0.2) is 38.6 Å². The van der Waals surface area contributed by atoms with Crippen molar-refractivity contribution >= 4 is 5.96 Å². The molecule has 0 unspecified atom stereocenters. The lowest BCUT2D eigenvalue weighted by Crippen LogP contribution is -2.36. The van der Waals surface area contributed by atoms with Gasteiger partial charge in [-0.2, -0.15) is 8.78 Å². The average Bonchev–Trinajstić information content (AvgIpc) is 2.64. The number of hydrogen-bond acceptors (Lipinski definition) is 3. The molecule has 0 aromatic heterocycles. The van der Waals surface area contributed by atoms with E-state index in [1.807, 2.05) is 39.2 Å². The molecular formula is C21H28F2N4O. The molecule has 0 bridgehead atoms. The molecule has 2 N–H and O–H groups in total. The number of ether oxygens (including phenoxy) is 1. The van der Waals surface area contributed by atoms with Gasteiger partial charge < -0.3 is 20.3 Å². The number of rotatable bonds is 8. The van der Waals surface area contributed by atoms with E-state index >= 15 is 0 Å². The summed E-state index contributed by atoms with van der Waals surface area (Å²) in [5.74, 6) is 0.754. The Morgan fingerprint density at radius 1 is 1.04 bits per heavy atom. The Labute approximate surface area is 165 Å². The lowest BCUT2D eigenvalue weighted by Gasteiger charge is -2.17. The van der Waals surface area contributed by atoms with Crippen LogP contribution in [0.5, 0.6) is 5.75 Å². The van der Waals surface area contributed by atoms with Crippen LogP contribution in [0.1, 0.15) is 22.3 Å². The monoisotopic (exact) mass is 390 g/mol. The van der Waals surface area contributed by atoms with E-state index in [9.17, 15) is 8.78 Å². The van der Waals surface area contributed by atoms with Crippen LogP contribution in [0.15, 0.2) is 47.5 Å². The standard InChI is InChI=1S/C21H28F2N4O/c1-15-9-10-19(28-20(22)23)18(11-15)13-26-21(24-2)25-12-16-7-5-6-8-17(16)14-27(3)4/h5-11,20H,12-14H2,1-4H3,(H2,24,25,26). The highest BCUT2D eigenvalue weighted by atomic mass is 19.3. The summed E-state index contributed by atoms with van der Waals surface area (Å²) in [6.07, 6.45) is 0. The zero-order chi connectivity index (χ0) is 20.5. The van der Waals surface area contributed by atoms with Gasteiger partial charge in [0, 0.05) is 32.2 Å². The van der Waals surface area contributed by atoms with Crippen LogP contribution in [0.3, 0.4) is 0 Å². The molecule has 0 aliphatic heterocycles. The maximum Gasteiger partial charge on any atom is 0.387 e. The molecule has 0 aliphatic carbocycles. The van der Waals surface area contributed by atoms with Crippen molar-refractivity contribution < 1.29 is 13.5 Å². The molecular weight excluding hydrogens is 362 g/mol. The summed E-state index contributed by atoms with van der Waals surface area (Å²) in [5, 5.41) is 6.44. The summed E-state index contributed by atoms with van der Waals surface area (Å²) < 4.78 is 29.9. The minimum absolute atomic E-state index is 0.167. The van der Waals surface area contributed by atoms with E-state index in [0.717, 1.165) is 12.1 Å². The van der Waals surface area contributed by atoms with E-state index in [-0.39, 0.29) is 5.75 Å². The fourth-order valence-corrected chi connectivity index (χ4v) is 2.86. The van der Waals surface area contributed by atoms with E-state index in [1.165, 1.54) is 11.1 Å². The second-order valence-corrected chi connectivity index (χ2v) is 6.78. The number of aliphatic imine (C=N–C) groups is 1. The molecule has 7 heteroatoms. The first-order valence-electron chi connectivity index (χ1n) is 9.09. The van der Waals surface area contributed by atoms with Gasteiger partial charge in [0.05, 0.1) is 0 Å². The Balaban J connectivity index is 2.00. The molecule has 28 heavy (non-hydrogen) atoms. The average molecular weight is 390 g/mol. The van der Waals surface area contributed by atoms with Crippen molar-refractivity contribution in [2.24, 2.45) is 4.99 Å². The van der Waals surface area contributed by atoms with Gasteiger partial charge in [0.25, 0.3) is 0 Å². The minimum Gasteiger partial charge on any atom is -0.434 e. The van der Waals surface area contributed by atoms with Gasteiger partial charge in [-0.15, -0.1) is 0 Å². The topological polar surface area (TPSA) is 48.9 Å². The van der Waals surface area contributed by atoms with Crippen molar-refractivity contribution in [3.8, 4) is 5.75 Å². The van der Waals surface area contributed by atoms with Crippen molar-refractivity contribution in [2.75, 3.05) is 21.1 Å². The highest BCUT2D eigenvalue weighted by molar-refractivity contribution is 5.79. The molecule has 2 rings (SSSR count). The maximum absolute atomic E-state index is 12.6. The van der Waals surface area contributed by atoms with Gasteiger partial charge >= 0.3 is 6.61 Å². The fourth-order valence-electron chi connectivity index (χ4n) is 2.86. The molecule has 0 fully saturated rings. The number of aryl methyl sites for hydroxylation is 1. The van der Waals surface area contributed by atoms with E-state index in [1.54, 1.807) is 19.2 Å². The van der Waals surface area contributed by atoms with E-state index in [4.69, 9.17) is 0 Å². The Morgan fingerprint density at radius 3 is 2.29 bits per heavy atom. The van der Waals surface area contributed by atoms with Crippen molar-refractivity contribution in [1.82, 2.24) is 15.5 Å². The molecule has 0 amide bonds. The van der Waals surface area contributed by atoms with E-state index in [2.05, 4.69) is 37.4 Å². The summed E-state index contributed by atoms with van der Waals surface area (Å²) >= 11 is 0. The zero-order valence-electron chi connectivity index (χ0n) is 16.8. The number of benzene rings is 2. The highest BCUT2D eigenvalue weighted by Gasteiger charge is 2.11. The number of guanidine groups is 1. The molecule has 0 aliphatic rings. The van der Waals surface area contributed by atoms with E-state index in [0.29, 0.717) is 24.6 Å². The van der Waals surface area contributed by atoms with Crippen LogP contribution >= 0.6 is 0 Å². The van der Waals surface area contributed by atoms with Gasteiger partial charge in [0.1, 0.15) is 5.75 Å². The Morgan fingerprint density at radius 2 is 1.68 bits per heavy atom. The van der Waals surface area contributed by atoms with E-state index < -0.39 is 6.61 Å². The minimum atomic E-state index is -2.85. The fraction of sp³-hybridized carbons (Fsp3) is 0.381. The summed E-state index contributed by atoms with van der Waals surface area (Å²) in [6.45, 7) is 0.833. The van der Waals surface area contributed by atoms with Crippen LogP contribution in [0, 0.1) is 6.92 Å². The number of hydrogen-bond donors (Lipinski definition) is 2. The second-order valence-electron chi connectivity index (χ2n) is 6.78. The van der Waals surface area contributed by atoms with Gasteiger partial charge in [0.15, 0.2) is 5.96 Å². The zero-order valence-corrected chi connectivity index (χ0v) is 16.8. The predicted molar refractivity (Wildman–Crippen MR) is 109 cm³/mol. The molecule has 5 nitrogen and oxygen atoms in total. The van der Waals surface area contributed by atoms with Crippen LogP contribution < -0.4 is 15.4 Å². The Hall–Kier alpha value is -2.67. The van der Waals surface area contributed by atoms with Crippen LogP contribution in [0.4, 0.5) is 8.78 Å².